The Morgan fingerprint density at radius 1 is 0.935 bits per heavy atom. The normalized spacial score (nSPS) is 9.13. The minimum Gasteiger partial charge on any atom is -0.353 e. The highest BCUT2D eigenvalue weighted by Gasteiger charge is 2.11. The summed E-state index contributed by atoms with van der Waals surface area (Å²) in [6.07, 6.45) is 5.41. The fraction of sp³-hybridized carbons (Fsp3) is 0.115. The second kappa shape index (κ2) is 13.3. The van der Waals surface area contributed by atoms with Gasteiger partial charge in [0.15, 0.2) is 0 Å². The molecule has 160 valence electrons. The van der Waals surface area contributed by atoms with Crippen LogP contribution in [-0.2, 0) is 0 Å². The van der Waals surface area contributed by atoms with Gasteiger partial charge in [-0.05, 0) is 42.8 Å². The van der Waals surface area contributed by atoms with Crippen LogP contribution in [0.3, 0.4) is 0 Å². The van der Waals surface area contributed by atoms with Crippen LogP contribution in [0.25, 0.3) is 27.7 Å². The third-order valence-corrected chi connectivity index (χ3v) is 4.05. The van der Waals surface area contributed by atoms with E-state index < -0.39 is 0 Å². The summed E-state index contributed by atoms with van der Waals surface area (Å²) in [5, 5.41) is 11.8. The summed E-state index contributed by atoms with van der Waals surface area (Å²) in [4.78, 5) is 8.48. The van der Waals surface area contributed by atoms with E-state index in [1.54, 1.807) is 12.4 Å². The zero-order valence-electron chi connectivity index (χ0n) is 18.7. The van der Waals surface area contributed by atoms with Gasteiger partial charge in [-0.15, -0.1) is 26.3 Å². The number of rotatable bonds is 4. The Bertz CT molecular complexity index is 1060. The van der Waals surface area contributed by atoms with Gasteiger partial charge in [0, 0.05) is 29.0 Å². The van der Waals surface area contributed by atoms with E-state index in [1.165, 1.54) is 0 Å². The number of aromatic amines is 1. The lowest BCUT2D eigenvalue weighted by molar-refractivity contribution is 1.10. The maximum absolute atomic E-state index is 4.42. The van der Waals surface area contributed by atoms with Crippen molar-refractivity contribution in [3.05, 3.63) is 105 Å². The first kappa shape index (κ1) is 25.0. The van der Waals surface area contributed by atoms with Crippen LogP contribution in [0.1, 0.15) is 25.2 Å². The van der Waals surface area contributed by atoms with Crippen LogP contribution in [0.15, 0.2) is 93.9 Å². The van der Waals surface area contributed by atoms with Crippen molar-refractivity contribution < 1.29 is 0 Å². The molecule has 5 heteroatoms. The van der Waals surface area contributed by atoms with Crippen LogP contribution in [0.5, 0.6) is 0 Å². The lowest BCUT2D eigenvalue weighted by Gasteiger charge is -2.08. The van der Waals surface area contributed by atoms with Crippen LogP contribution < -0.4 is 5.32 Å². The maximum atomic E-state index is 4.42. The van der Waals surface area contributed by atoms with Crippen molar-refractivity contribution in [2.45, 2.75) is 20.8 Å². The van der Waals surface area contributed by atoms with Gasteiger partial charge in [-0.1, -0.05) is 32.6 Å². The quantitative estimate of drug-likeness (QED) is 0.352. The predicted molar refractivity (Wildman–Crippen MR) is 135 cm³/mol. The van der Waals surface area contributed by atoms with Gasteiger partial charge < -0.3 is 5.32 Å². The Kier molecular flexibility index (Phi) is 10.7. The first-order valence-electron chi connectivity index (χ1n) is 9.98. The summed E-state index contributed by atoms with van der Waals surface area (Å²) in [6.45, 7) is 22.1. The molecule has 31 heavy (non-hydrogen) atoms. The van der Waals surface area contributed by atoms with Gasteiger partial charge in [0.05, 0.1) is 23.1 Å². The molecule has 2 N–H and O–H groups in total. The minimum absolute atomic E-state index is 0.722. The van der Waals surface area contributed by atoms with Crippen LogP contribution in [0, 0.1) is 6.92 Å². The summed E-state index contributed by atoms with van der Waals surface area (Å²) in [5.74, 6) is 0. The molecule has 3 aromatic heterocycles. The summed E-state index contributed by atoms with van der Waals surface area (Å²) in [7, 11) is 0. The highest BCUT2D eigenvalue weighted by Crippen LogP contribution is 2.28. The fourth-order valence-corrected chi connectivity index (χ4v) is 2.73. The number of H-pyrrole nitrogens is 1. The van der Waals surface area contributed by atoms with Crippen LogP contribution in [0.2, 0.25) is 0 Å². The molecule has 0 saturated carbocycles. The molecule has 4 rings (SSSR count). The van der Waals surface area contributed by atoms with Crippen molar-refractivity contribution in [1.82, 2.24) is 20.2 Å². The third-order valence-electron chi connectivity index (χ3n) is 4.05. The molecule has 1 aromatic carbocycles. The number of nitrogens with zero attached hydrogens (tertiary/aromatic N) is 3. The number of hydrogen-bond acceptors (Lipinski definition) is 4. The molecule has 0 aliphatic carbocycles. The number of anilines is 1. The van der Waals surface area contributed by atoms with Crippen LogP contribution in [-0.4, -0.2) is 20.2 Å². The predicted octanol–water partition coefficient (Wildman–Crippen LogP) is 7.04. The summed E-state index contributed by atoms with van der Waals surface area (Å²) in [5.41, 5.74) is 6.50. The molecule has 0 saturated heterocycles. The highest BCUT2D eigenvalue weighted by molar-refractivity contribution is 5.94. The van der Waals surface area contributed by atoms with Crippen molar-refractivity contribution in [3.8, 4) is 11.1 Å². The van der Waals surface area contributed by atoms with Gasteiger partial charge >= 0.3 is 0 Å². The lowest BCUT2D eigenvalue weighted by Crippen LogP contribution is -1.99. The van der Waals surface area contributed by atoms with E-state index in [9.17, 15) is 0 Å². The van der Waals surface area contributed by atoms with E-state index >= 15 is 0 Å². The molecule has 0 radical (unpaired) electrons. The Morgan fingerprint density at radius 2 is 1.68 bits per heavy atom. The first-order chi connectivity index (χ1) is 15.2. The Balaban J connectivity index is 0.000000739. The number of fused-ring (bicyclic) bond motifs is 1. The van der Waals surface area contributed by atoms with Gasteiger partial charge in [0.1, 0.15) is 5.69 Å². The third kappa shape index (κ3) is 6.51. The van der Waals surface area contributed by atoms with Crippen molar-refractivity contribution in [3.63, 3.8) is 0 Å². The molecule has 0 spiro atoms. The average Bonchev–Trinajstić information content (AvgIpc) is 3.28. The monoisotopic (exact) mass is 413 g/mol. The fourth-order valence-electron chi connectivity index (χ4n) is 2.73. The van der Waals surface area contributed by atoms with Crippen molar-refractivity contribution in [2.24, 2.45) is 0 Å². The Morgan fingerprint density at radius 3 is 2.29 bits per heavy atom. The minimum atomic E-state index is 0.722. The number of pyridine rings is 2. The van der Waals surface area contributed by atoms with E-state index in [0.717, 1.165) is 44.8 Å². The number of nitrogens with one attached hydrogen (secondary N) is 2. The molecule has 0 aliphatic heterocycles. The molecule has 0 aliphatic rings. The SMILES string of the molecule is C=C.C=C.C=C(Nc1ccc(C)nc1)c1n[nH]c2ccc(-c3cccnc3)cc12.CC. The lowest BCUT2D eigenvalue weighted by atomic mass is 10.0. The second-order valence-electron chi connectivity index (χ2n) is 5.87. The van der Waals surface area contributed by atoms with Gasteiger partial charge in [0.2, 0.25) is 0 Å². The molecule has 3 heterocycles. The number of aryl methyl sites for hydroxylation is 1. The molecular formula is C26H31N5. The molecule has 5 nitrogen and oxygen atoms in total. The molecular weight excluding hydrogens is 382 g/mol. The van der Waals surface area contributed by atoms with Gasteiger partial charge in [0.25, 0.3) is 0 Å². The standard InChI is InChI=1S/C20H17N5.C2H6.2C2H4/c1-13-5-7-17(12-22-13)23-14(2)20-18-10-15(6-8-19(18)24-25-20)16-4-3-9-21-11-16;3*1-2/h3-12,23H,2H2,1H3,(H,24,25);1-2H3;2*1-2H2. The number of hydrogen-bond donors (Lipinski definition) is 2. The summed E-state index contributed by atoms with van der Waals surface area (Å²) in [6, 6.07) is 14.1. The second-order valence-corrected chi connectivity index (χ2v) is 5.87. The summed E-state index contributed by atoms with van der Waals surface area (Å²) >= 11 is 0. The molecule has 0 fully saturated rings. The molecule has 0 amide bonds. The van der Waals surface area contributed by atoms with E-state index in [0.29, 0.717) is 0 Å². The van der Waals surface area contributed by atoms with Gasteiger partial charge in [-0.3, -0.25) is 15.1 Å². The van der Waals surface area contributed by atoms with E-state index in [2.05, 4.69) is 70.5 Å². The van der Waals surface area contributed by atoms with E-state index in [1.807, 2.05) is 57.3 Å². The van der Waals surface area contributed by atoms with Crippen LogP contribution >= 0.6 is 0 Å². The van der Waals surface area contributed by atoms with Crippen molar-refractivity contribution in [1.29, 1.82) is 0 Å². The topological polar surface area (TPSA) is 66.5 Å². The van der Waals surface area contributed by atoms with Crippen molar-refractivity contribution >= 4 is 22.3 Å². The zero-order valence-corrected chi connectivity index (χ0v) is 18.7. The first-order valence-corrected chi connectivity index (χ1v) is 9.98. The van der Waals surface area contributed by atoms with Crippen molar-refractivity contribution in [2.75, 3.05) is 5.32 Å². The molecule has 4 aromatic rings. The molecule has 0 atom stereocenters. The zero-order chi connectivity index (χ0) is 23.2. The van der Waals surface area contributed by atoms with Gasteiger partial charge in [-0.25, -0.2) is 0 Å². The summed E-state index contributed by atoms with van der Waals surface area (Å²) < 4.78 is 0. The largest absolute Gasteiger partial charge is 0.353 e. The van der Waals surface area contributed by atoms with Gasteiger partial charge in [-0.2, -0.15) is 5.10 Å². The average molecular weight is 414 g/mol. The van der Waals surface area contributed by atoms with E-state index in [4.69, 9.17) is 0 Å². The maximum Gasteiger partial charge on any atom is 0.116 e. The molecule has 0 unspecified atom stereocenters. The number of aromatic nitrogens is 4. The smallest absolute Gasteiger partial charge is 0.116 e. The Labute approximate surface area is 185 Å². The van der Waals surface area contributed by atoms with E-state index in [-0.39, 0.29) is 0 Å². The Hall–Kier alpha value is -3.99. The van der Waals surface area contributed by atoms with Crippen LogP contribution in [0.4, 0.5) is 5.69 Å². The number of benzene rings is 1. The molecule has 0 bridgehead atoms. The highest BCUT2D eigenvalue weighted by atomic mass is 15.1.